The second-order valence-electron chi connectivity index (χ2n) is 6.16. The average Bonchev–Trinajstić information content (AvgIpc) is 2.37. The minimum Gasteiger partial charge on any atom is -0.301 e. The predicted octanol–water partition coefficient (Wildman–Crippen LogP) is 4.19. The minimum atomic E-state index is -4.15. The Balaban J connectivity index is 2.51. The van der Waals surface area contributed by atoms with E-state index in [-0.39, 0.29) is 24.0 Å². The molecular weight excluding hydrogens is 267 g/mol. The summed E-state index contributed by atoms with van der Waals surface area (Å²) in [5, 5.41) is 0. The van der Waals surface area contributed by atoms with Crippen LogP contribution in [0.1, 0.15) is 59.3 Å². The Morgan fingerprint density at radius 3 is 2.20 bits per heavy atom. The van der Waals surface area contributed by atoms with Crippen molar-refractivity contribution in [2.45, 2.75) is 71.5 Å². The lowest BCUT2D eigenvalue weighted by molar-refractivity contribution is -0.140. The predicted molar refractivity (Wildman–Crippen MR) is 73.6 cm³/mol. The van der Waals surface area contributed by atoms with E-state index in [2.05, 4.69) is 18.7 Å². The maximum Gasteiger partial charge on any atom is 0.389 e. The van der Waals surface area contributed by atoms with E-state index in [0.717, 1.165) is 32.4 Å². The van der Waals surface area contributed by atoms with E-state index >= 15 is 0 Å². The van der Waals surface area contributed by atoms with Crippen LogP contribution in [0.25, 0.3) is 0 Å². The van der Waals surface area contributed by atoms with Gasteiger partial charge in [-0.25, -0.2) is 0 Å². The van der Waals surface area contributed by atoms with Crippen molar-refractivity contribution >= 4 is 5.78 Å². The van der Waals surface area contributed by atoms with E-state index < -0.39 is 12.6 Å². The first kappa shape index (κ1) is 17.5. The number of halogens is 3. The second-order valence-corrected chi connectivity index (χ2v) is 6.16. The van der Waals surface area contributed by atoms with Crippen molar-refractivity contribution in [2.75, 3.05) is 13.1 Å². The fourth-order valence-electron chi connectivity index (χ4n) is 3.01. The largest absolute Gasteiger partial charge is 0.389 e. The average molecular weight is 293 g/mol. The summed E-state index contributed by atoms with van der Waals surface area (Å²) in [6.07, 6.45) is -2.70. The van der Waals surface area contributed by atoms with Crippen LogP contribution in [0.15, 0.2) is 0 Å². The Morgan fingerprint density at radius 2 is 1.80 bits per heavy atom. The van der Waals surface area contributed by atoms with Crippen molar-refractivity contribution in [2.24, 2.45) is 5.41 Å². The molecule has 0 bridgehead atoms. The molecule has 0 unspecified atom stereocenters. The van der Waals surface area contributed by atoms with Gasteiger partial charge >= 0.3 is 6.18 Å². The summed E-state index contributed by atoms with van der Waals surface area (Å²) in [5.74, 6) is 0.0349. The lowest BCUT2D eigenvalue weighted by atomic mass is 9.71. The number of nitrogens with zero attached hydrogens (tertiary/aromatic N) is 1. The summed E-state index contributed by atoms with van der Waals surface area (Å²) in [4.78, 5) is 14.7. The highest BCUT2D eigenvalue weighted by molar-refractivity contribution is 5.84. The van der Waals surface area contributed by atoms with Gasteiger partial charge in [-0.1, -0.05) is 6.92 Å². The molecule has 0 aliphatic carbocycles. The summed E-state index contributed by atoms with van der Waals surface area (Å²) in [6.45, 7) is 7.98. The molecule has 0 spiro atoms. The molecule has 20 heavy (non-hydrogen) atoms. The van der Waals surface area contributed by atoms with Gasteiger partial charge in [0.05, 0.1) is 0 Å². The van der Waals surface area contributed by atoms with Gasteiger partial charge < -0.3 is 4.90 Å². The number of carbonyl (C=O) groups excluding carboxylic acids is 1. The van der Waals surface area contributed by atoms with Crippen molar-refractivity contribution in [1.82, 2.24) is 4.90 Å². The Morgan fingerprint density at radius 1 is 1.25 bits per heavy atom. The van der Waals surface area contributed by atoms with Crippen LogP contribution in [0, 0.1) is 5.41 Å². The number of piperidine rings is 1. The van der Waals surface area contributed by atoms with Crippen LogP contribution < -0.4 is 0 Å². The summed E-state index contributed by atoms with van der Waals surface area (Å²) >= 11 is 0. The zero-order valence-electron chi connectivity index (χ0n) is 12.7. The molecule has 0 amide bonds. The lowest BCUT2D eigenvalue weighted by Crippen LogP contribution is -2.46. The third-order valence-electron chi connectivity index (χ3n) is 4.62. The maximum absolute atomic E-state index is 12.3. The highest BCUT2D eigenvalue weighted by Gasteiger charge is 2.39. The zero-order valence-corrected chi connectivity index (χ0v) is 12.7. The molecule has 0 aromatic heterocycles. The quantitative estimate of drug-likeness (QED) is 0.732. The molecule has 0 atom stereocenters. The Bertz CT molecular complexity index is 318. The molecule has 1 saturated heterocycles. The molecule has 1 aliphatic heterocycles. The van der Waals surface area contributed by atoms with Gasteiger partial charge in [-0.15, -0.1) is 0 Å². The number of Topliss-reactive ketones (excluding diaryl/α,β-unsaturated/α-hetero) is 1. The number of rotatable bonds is 6. The van der Waals surface area contributed by atoms with Crippen LogP contribution in [0.3, 0.4) is 0 Å². The highest BCUT2D eigenvalue weighted by Crippen LogP contribution is 2.38. The Hall–Kier alpha value is -0.580. The molecule has 0 saturated carbocycles. The van der Waals surface area contributed by atoms with E-state index in [1.807, 2.05) is 6.92 Å². The molecule has 1 aliphatic rings. The number of ketones is 1. The molecule has 0 radical (unpaired) electrons. The van der Waals surface area contributed by atoms with Crippen molar-refractivity contribution in [3.8, 4) is 0 Å². The number of alkyl halides is 3. The van der Waals surface area contributed by atoms with E-state index in [1.165, 1.54) is 0 Å². The molecule has 118 valence electrons. The summed E-state index contributed by atoms with van der Waals surface area (Å²) < 4.78 is 36.4. The fraction of sp³-hybridized carbons (Fsp3) is 0.933. The summed E-state index contributed by atoms with van der Waals surface area (Å²) in [7, 11) is 0. The molecule has 1 heterocycles. The summed E-state index contributed by atoms with van der Waals surface area (Å²) in [6, 6.07) is 0.463. The van der Waals surface area contributed by atoms with Crippen LogP contribution in [0.5, 0.6) is 0 Å². The van der Waals surface area contributed by atoms with Gasteiger partial charge in [-0.3, -0.25) is 4.79 Å². The third-order valence-corrected chi connectivity index (χ3v) is 4.62. The minimum absolute atomic E-state index is 0.0349. The zero-order chi connectivity index (χ0) is 15.4. The molecule has 0 N–H and O–H groups in total. The molecule has 1 fully saturated rings. The Kier molecular flexibility index (Phi) is 6.05. The summed E-state index contributed by atoms with van der Waals surface area (Å²) in [5.41, 5.74) is -0.378. The van der Waals surface area contributed by atoms with Crippen LogP contribution in [-0.2, 0) is 4.79 Å². The molecule has 1 rings (SSSR count). The monoisotopic (exact) mass is 293 g/mol. The van der Waals surface area contributed by atoms with Crippen molar-refractivity contribution in [3.63, 3.8) is 0 Å². The van der Waals surface area contributed by atoms with Gasteiger partial charge in [0.15, 0.2) is 0 Å². The first-order chi connectivity index (χ1) is 9.20. The van der Waals surface area contributed by atoms with Gasteiger partial charge in [-0.05, 0) is 52.6 Å². The number of likely N-dealkylation sites (tertiary alicyclic amines) is 1. The van der Waals surface area contributed by atoms with Crippen LogP contribution in [-0.4, -0.2) is 36.0 Å². The van der Waals surface area contributed by atoms with E-state index in [9.17, 15) is 18.0 Å². The normalized spacial score (nSPS) is 20.4. The number of hydrogen-bond donors (Lipinski definition) is 0. The Labute approximate surface area is 119 Å². The highest BCUT2D eigenvalue weighted by atomic mass is 19.4. The van der Waals surface area contributed by atoms with Gasteiger partial charge in [0, 0.05) is 24.3 Å². The number of hydrogen-bond acceptors (Lipinski definition) is 2. The molecule has 5 heteroatoms. The van der Waals surface area contributed by atoms with Crippen LogP contribution in [0.2, 0.25) is 0 Å². The van der Waals surface area contributed by atoms with Gasteiger partial charge in [-0.2, -0.15) is 13.2 Å². The van der Waals surface area contributed by atoms with Crippen molar-refractivity contribution in [3.05, 3.63) is 0 Å². The molecule has 0 aromatic carbocycles. The maximum atomic E-state index is 12.3. The lowest BCUT2D eigenvalue weighted by Gasteiger charge is -2.42. The molecular formula is C15H26F3NO. The topological polar surface area (TPSA) is 20.3 Å². The SMILES string of the molecule is CCC1(C(=O)CCCC(F)(F)F)CCN(C(C)C)CC1. The number of carbonyl (C=O) groups is 1. The van der Waals surface area contributed by atoms with Crippen molar-refractivity contribution < 1.29 is 18.0 Å². The van der Waals surface area contributed by atoms with Gasteiger partial charge in [0.25, 0.3) is 0 Å². The first-order valence-electron chi connectivity index (χ1n) is 7.54. The van der Waals surface area contributed by atoms with E-state index in [0.29, 0.717) is 6.04 Å². The van der Waals surface area contributed by atoms with Crippen molar-refractivity contribution in [1.29, 1.82) is 0 Å². The molecule has 0 aromatic rings. The standard InChI is InChI=1S/C15H26F3NO/c1-4-14(8-10-19(11-9-14)12(2)3)13(20)6-5-7-15(16,17)18/h12H,4-11H2,1-3H3. The van der Waals surface area contributed by atoms with Gasteiger partial charge in [0.1, 0.15) is 5.78 Å². The molecule has 2 nitrogen and oxygen atoms in total. The van der Waals surface area contributed by atoms with Gasteiger partial charge in [0.2, 0.25) is 0 Å². The smallest absolute Gasteiger partial charge is 0.301 e. The fourth-order valence-corrected chi connectivity index (χ4v) is 3.01. The third kappa shape index (κ3) is 4.76. The first-order valence-corrected chi connectivity index (χ1v) is 7.54. The van der Waals surface area contributed by atoms with Crippen LogP contribution in [0.4, 0.5) is 13.2 Å². The second kappa shape index (κ2) is 6.92. The van der Waals surface area contributed by atoms with Crippen LogP contribution >= 0.6 is 0 Å². The van der Waals surface area contributed by atoms with E-state index in [4.69, 9.17) is 0 Å². The van der Waals surface area contributed by atoms with E-state index in [1.54, 1.807) is 0 Å².